The van der Waals surface area contributed by atoms with E-state index < -0.39 is 0 Å². The summed E-state index contributed by atoms with van der Waals surface area (Å²) in [6.45, 7) is 17.3. The molecule has 0 N–H and O–H groups in total. The van der Waals surface area contributed by atoms with E-state index in [0.29, 0.717) is 0 Å². The first kappa shape index (κ1) is 55.1. The lowest BCUT2D eigenvalue weighted by Crippen LogP contribution is -2.17. The molecular formula is C82H68N6. The molecule has 14 rings (SSSR count). The van der Waals surface area contributed by atoms with Gasteiger partial charge in [0.2, 0.25) is 0 Å². The van der Waals surface area contributed by atoms with Crippen LogP contribution in [0.25, 0.3) is 54.6 Å². The van der Waals surface area contributed by atoms with Gasteiger partial charge in [-0.3, -0.25) is 9.97 Å². The molecule has 0 amide bonds. The van der Waals surface area contributed by atoms with Gasteiger partial charge in [-0.15, -0.1) is 0 Å². The Hall–Kier alpha value is -10.8. The highest BCUT2D eigenvalue weighted by molar-refractivity contribution is 6.38. The van der Waals surface area contributed by atoms with Crippen molar-refractivity contribution >= 4 is 101 Å². The normalized spacial score (nSPS) is 11.4. The van der Waals surface area contributed by atoms with Gasteiger partial charge in [0.15, 0.2) is 0 Å². The summed E-state index contributed by atoms with van der Waals surface area (Å²) >= 11 is 0. The Morgan fingerprint density at radius 3 is 0.602 bits per heavy atom. The maximum Gasteiger partial charge on any atom is 0.0567 e. The molecule has 6 heteroatoms. The van der Waals surface area contributed by atoms with Crippen molar-refractivity contribution in [2.75, 3.05) is 19.6 Å². The first-order valence-electron chi connectivity index (χ1n) is 30.3. The number of rotatable bonds is 14. The molecule has 426 valence electrons. The minimum absolute atomic E-state index is 1.03. The zero-order valence-corrected chi connectivity index (χ0v) is 51.1. The van der Waals surface area contributed by atoms with Crippen molar-refractivity contribution in [1.29, 1.82) is 0 Å². The molecule has 2 aromatic heterocycles. The second-order valence-corrected chi connectivity index (χ2v) is 23.8. The monoisotopic (exact) mass is 1140 g/mol. The van der Waals surface area contributed by atoms with E-state index in [0.717, 1.165) is 123 Å². The number of hydrogen-bond donors (Lipinski definition) is 0. The van der Waals surface area contributed by atoms with Crippen molar-refractivity contribution in [1.82, 2.24) is 9.97 Å². The Bertz CT molecular complexity index is 4300. The third kappa shape index (κ3) is 10.2. The van der Waals surface area contributed by atoms with Crippen molar-refractivity contribution < 1.29 is 0 Å². The van der Waals surface area contributed by atoms with Crippen molar-refractivity contribution in [3.8, 4) is 22.3 Å². The summed E-state index contributed by atoms with van der Waals surface area (Å²) in [5.41, 5.74) is 26.2. The maximum absolute atomic E-state index is 4.68. The van der Waals surface area contributed by atoms with Gasteiger partial charge in [0, 0.05) is 103 Å². The second-order valence-electron chi connectivity index (χ2n) is 23.8. The van der Waals surface area contributed by atoms with E-state index in [4.69, 9.17) is 0 Å². The number of pyridine rings is 2. The SMILES string of the molecule is Cc1ccc(N(c2ccc(C)cc2)c2cc(N(c3ccc(C)cc3)c3ccc(C)cc3)c3c(-c4ccncc4)cc4c(N(c5ccc(C)cc5)c5ccc(C)cc5)cc(N(c5ccc(C)cc5)c5ccc(C)cc5)c5c(-c6ccncc6)cc2c3c45)cc1. The van der Waals surface area contributed by atoms with Gasteiger partial charge in [0.25, 0.3) is 0 Å². The predicted molar refractivity (Wildman–Crippen MR) is 373 cm³/mol. The van der Waals surface area contributed by atoms with Crippen LogP contribution in [-0.4, -0.2) is 9.97 Å². The van der Waals surface area contributed by atoms with Gasteiger partial charge in [-0.25, -0.2) is 0 Å². The minimum atomic E-state index is 1.03. The van der Waals surface area contributed by atoms with Crippen LogP contribution < -0.4 is 19.6 Å². The first-order chi connectivity index (χ1) is 42.9. The number of aryl methyl sites for hydroxylation is 8. The van der Waals surface area contributed by atoms with Crippen molar-refractivity contribution in [2.45, 2.75) is 55.4 Å². The van der Waals surface area contributed by atoms with E-state index in [-0.39, 0.29) is 0 Å². The van der Waals surface area contributed by atoms with Crippen LogP contribution in [0.2, 0.25) is 0 Å². The fourth-order valence-electron chi connectivity index (χ4n) is 12.6. The summed E-state index contributed by atoms with van der Waals surface area (Å²) in [6.07, 6.45) is 7.74. The average molecular weight is 1140 g/mol. The Labute approximate surface area is 516 Å². The summed E-state index contributed by atoms with van der Waals surface area (Å²) < 4.78 is 0. The number of hydrogen-bond acceptors (Lipinski definition) is 6. The third-order valence-corrected chi connectivity index (χ3v) is 17.3. The summed E-state index contributed by atoms with van der Waals surface area (Å²) in [5, 5.41) is 6.64. The lowest BCUT2D eigenvalue weighted by Gasteiger charge is -2.36. The zero-order valence-electron chi connectivity index (χ0n) is 51.1. The van der Waals surface area contributed by atoms with E-state index in [1.807, 2.05) is 24.8 Å². The highest BCUT2D eigenvalue weighted by Gasteiger charge is 2.33. The highest BCUT2D eigenvalue weighted by atomic mass is 15.2. The van der Waals surface area contributed by atoms with Crippen molar-refractivity contribution in [2.24, 2.45) is 0 Å². The fraction of sp³-hybridized carbons (Fsp3) is 0.0976. The van der Waals surface area contributed by atoms with Crippen LogP contribution in [0.4, 0.5) is 68.2 Å². The standard InChI is InChI=1S/C82H68N6/c1-53-9-25-63(26-10-53)85(64-27-11-54(2)12-28-64)75-51-77(87(67-33-17-57(5)18-34-67)68-35-19-58(6)20-36-68)79-72(62-43-47-84-48-44-62)50-74-76(86(65-29-13-55(3)14-30-65)66-31-15-56(4)16-32-66)52-78(80-71(61-41-45-83-46-42-61)49-73(75)81(79)82(74)80)88(69-37-21-59(7)22-38-69)70-39-23-60(8)24-40-70/h9-52H,1-8H3. The Morgan fingerprint density at radius 1 is 0.205 bits per heavy atom. The molecule has 14 aromatic rings. The molecule has 0 unspecified atom stereocenters. The molecule has 2 heterocycles. The van der Waals surface area contributed by atoms with Gasteiger partial charge in [0.05, 0.1) is 22.7 Å². The van der Waals surface area contributed by atoms with Crippen LogP contribution in [0.15, 0.2) is 267 Å². The quantitative estimate of drug-likeness (QED) is 0.101. The molecule has 0 bridgehead atoms. The van der Waals surface area contributed by atoms with Crippen LogP contribution in [0, 0.1) is 55.4 Å². The predicted octanol–water partition coefficient (Wildman–Crippen LogP) is 23.1. The molecule has 88 heavy (non-hydrogen) atoms. The highest BCUT2D eigenvalue weighted by Crippen LogP contribution is 2.59. The maximum atomic E-state index is 4.68. The molecule has 0 atom stereocenters. The van der Waals surface area contributed by atoms with Gasteiger partial charge >= 0.3 is 0 Å². The summed E-state index contributed by atoms with van der Waals surface area (Å²) in [6, 6.07) is 90.8. The Kier molecular flexibility index (Phi) is 14.3. The average Bonchev–Trinajstić information content (AvgIpc) is 0.695. The van der Waals surface area contributed by atoms with E-state index >= 15 is 0 Å². The molecule has 0 fully saturated rings. The molecular weight excluding hydrogens is 1070 g/mol. The smallest absolute Gasteiger partial charge is 0.0567 e. The van der Waals surface area contributed by atoms with E-state index in [1.165, 1.54) is 44.5 Å². The molecule has 0 saturated carbocycles. The summed E-state index contributed by atoms with van der Waals surface area (Å²) in [4.78, 5) is 19.3. The zero-order chi connectivity index (χ0) is 60.2. The number of anilines is 12. The van der Waals surface area contributed by atoms with E-state index in [2.05, 4.69) is 328 Å². The van der Waals surface area contributed by atoms with Crippen LogP contribution in [0.5, 0.6) is 0 Å². The van der Waals surface area contributed by atoms with Crippen LogP contribution in [0.1, 0.15) is 44.5 Å². The molecule has 0 aliphatic carbocycles. The lowest BCUT2D eigenvalue weighted by molar-refractivity contribution is 1.25. The van der Waals surface area contributed by atoms with Gasteiger partial charge in [0.1, 0.15) is 0 Å². The minimum Gasteiger partial charge on any atom is -0.310 e. The largest absolute Gasteiger partial charge is 0.310 e. The van der Waals surface area contributed by atoms with E-state index in [9.17, 15) is 0 Å². The van der Waals surface area contributed by atoms with Gasteiger partial charge in [-0.2, -0.15) is 0 Å². The molecule has 12 aromatic carbocycles. The number of aromatic nitrogens is 2. The molecule has 0 aliphatic rings. The first-order valence-corrected chi connectivity index (χ1v) is 30.3. The van der Waals surface area contributed by atoms with Crippen LogP contribution in [0.3, 0.4) is 0 Å². The van der Waals surface area contributed by atoms with E-state index in [1.54, 1.807) is 0 Å². The second kappa shape index (κ2) is 22.9. The fourth-order valence-corrected chi connectivity index (χ4v) is 12.6. The van der Waals surface area contributed by atoms with Gasteiger partial charge in [-0.05, 0) is 223 Å². The summed E-state index contributed by atoms with van der Waals surface area (Å²) in [7, 11) is 0. The third-order valence-electron chi connectivity index (χ3n) is 17.3. The van der Waals surface area contributed by atoms with Gasteiger partial charge in [-0.1, -0.05) is 142 Å². The molecule has 0 saturated heterocycles. The number of benzene rings is 12. The molecule has 0 aliphatic heterocycles. The van der Waals surface area contributed by atoms with Gasteiger partial charge < -0.3 is 19.6 Å². The molecule has 6 nitrogen and oxygen atoms in total. The lowest BCUT2D eigenvalue weighted by atomic mass is 9.82. The molecule has 0 radical (unpaired) electrons. The topological polar surface area (TPSA) is 38.7 Å². The van der Waals surface area contributed by atoms with Crippen molar-refractivity contribution in [3.63, 3.8) is 0 Å². The summed E-state index contributed by atoms with van der Waals surface area (Å²) in [5.74, 6) is 0. The Balaban J connectivity index is 1.29. The van der Waals surface area contributed by atoms with Crippen LogP contribution >= 0.6 is 0 Å². The van der Waals surface area contributed by atoms with Crippen molar-refractivity contribution in [3.05, 3.63) is 312 Å². The van der Waals surface area contributed by atoms with Crippen LogP contribution in [-0.2, 0) is 0 Å². The Morgan fingerprint density at radius 2 is 0.398 bits per heavy atom. The number of nitrogens with zero attached hydrogens (tertiary/aromatic N) is 6. The molecule has 0 spiro atoms.